The fraction of sp³-hybridized carbons (Fsp3) is 0.692. The van der Waals surface area contributed by atoms with Crippen LogP contribution in [0.3, 0.4) is 0 Å². The zero-order chi connectivity index (χ0) is 16.1. The van der Waals surface area contributed by atoms with Gasteiger partial charge >= 0.3 is 5.69 Å². The van der Waals surface area contributed by atoms with Crippen LogP contribution >= 0.6 is 0 Å². The molecule has 2 N–H and O–H groups in total. The van der Waals surface area contributed by atoms with Crippen molar-refractivity contribution in [2.24, 2.45) is 14.1 Å². The summed E-state index contributed by atoms with van der Waals surface area (Å²) >= 11 is 0. The normalized spacial score (nSPS) is 28.0. The third-order valence-electron chi connectivity index (χ3n) is 4.50. The number of hydrogen-bond acceptors (Lipinski definition) is 5. The second-order valence-corrected chi connectivity index (χ2v) is 7.86. The molecule has 22 heavy (non-hydrogen) atoms. The lowest BCUT2D eigenvalue weighted by Gasteiger charge is -2.29. The minimum absolute atomic E-state index is 0.175. The maximum absolute atomic E-state index is 12.5. The SMILES string of the molecule is Cn1cc(S(=O)(=O)NC2CC3CCC(C2)N3)c(=O)n(C)c1=O. The Labute approximate surface area is 128 Å². The van der Waals surface area contributed by atoms with Crippen LogP contribution in [0.15, 0.2) is 20.7 Å². The second kappa shape index (κ2) is 5.32. The first-order valence-corrected chi connectivity index (χ1v) is 8.81. The monoisotopic (exact) mass is 328 g/mol. The van der Waals surface area contributed by atoms with E-state index in [0.29, 0.717) is 12.1 Å². The molecule has 2 fully saturated rings. The number of nitrogens with one attached hydrogen (secondary N) is 2. The number of nitrogens with zero attached hydrogens (tertiary/aromatic N) is 2. The predicted octanol–water partition coefficient (Wildman–Crippen LogP) is -1.35. The van der Waals surface area contributed by atoms with E-state index in [4.69, 9.17) is 0 Å². The molecule has 1 aromatic heterocycles. The van der Waals surface area contributed by atoms with Crippen molar-refractivity contribution in [3.8, 4) is 0 Å². The molecule has 2 aliphatic rings. The summed E-state index contributed by atoms with van der Waals surface area (Å²) < 4.78 is 29.6. The van der Waals surface area contributed by atoms with Crippen LogP contribution in [-0.4, -0.2) is 35.7 Å². The smallest absolute Gasteiger partial charge is 0.311 e. The van der Waals surface area contributed by atoms with E-state index in [-0.39, 0.29) is 10.9 Å². The maximum Gasteiger partial charge on any atom is 0.330 e. The molecule has 9 heteroatoms. The van der Waals surface area contributed by atoms with Crippen molar-refractivity contribution in [2.45, 2.75) is 48.7 Å². The number of rotatable bonds is 3. The van der Waals surface area contributed by atoms with Crippen molar-refractivity contribution >= 4 is 10.0 Å². The zero-order valence-corrected chi connectivity index (χ0v) is 13.4. The number of aryl methyl sites for hydroxylation is 1. The minimum atomic E-state index is -3.94. The molecule has 0 aliphatic carbocycles. The average molecular weight is 328 g/mol. The highest BCUT2D eigenvalue weighted by molar-refractivity contribution is 7.89. The van der Waals surface area contributed by atoms with E-state index in [1.54, 1.807) is 0 Å². The summed E-state index contributed by atoms with van der Waals surface area (Å²) in [5.41, 5.74) is -1.35. The van der Waals surface area contributed by atoms with E-state index in [0.717, 1.165) is 41.0 Å². The van der Waals surface area contributed by atoms with Crippen LogP contribution < -0.4 is 21.3 Å². The zero-order valence-electron chi connectivity index (χ0n) is 12.6. The summed E-state index contributed by atoms with van der Waals surface area (Å²) in [5, 5.41) is 3.44. The van der Waals surface area contributed by atoms with Crippen molar-refractivity contribution in [3.63, 3.8) is 0 Å². The van der Waals surface area contributed by atoms with Gasteiger partial charge in [0.2, 0.25) is 10.0 Å². The van der Waals surface area contributed by atoms with Gasteiger partial charge in [0, 0.05) is 38.4 Å². The molecule has 2 saturated heterocycles. The number of aromatic nitrogens is 2. The first-order valence-electron chi connectivity index (χ1n) is 7.33. The quantitative estimate of drug-likeness (QED) is 0.714. The van der Waals surface area contributed by atoms with Crippen molar-refractivity contribution in [3.05, 3.63) is 27.0 Å². The maximum atomic E-state index is 12.5. The first-order chi connectivity index (χ1) is 10.3. The summed E-state index contributed by atoms with van der Waals surface area (Å²) in [6, 6.07) is 0.509. The van der Waals surface area contributed by atoms with Gasteiger partial charge in [0.25, 0.3) is 5.56 Å². The largest absolute Gasteiger partial charge is 0.330 e. The van der Waals surface area contributed by atoms with Gasteiger partial charge in [0.05, 0.1) is 0 Å². The molecule has 0 amide bonds. The van der Waals surface area contributed by atoms with Crippen molar-refractivity contribution in [2.75, 3.05) is 0 Å². The van der Waals surface area contributed by atoms with Crippen LogP contribution in [0.1, 0.15) is 25.7 Å². The van der Waals surface area contributed by atoms with Crippen molar-refractivity contribution in [1.82, 2.24) is 19.2 Å². The molecule has 2 unspecified atom stereocenters. The Bertz CT molecular complexity index is 798. The first kappa shape index (κ1) is 15.4. The molecule has 122 valence electrons. The Balaban J connectivity index is 1.91. The molecular formula is C13H20N4O4S. The predicted molar refractivity (Wildman–Crippen MR) is 80.2 cm³/mol. The third kappa shape index (κ3) is 2.64. The summed E-state index contributed by atoms with van der Waals surface area (Å²) in [6.07, 6.45) is 4.65. The van der Waals surface area contributed by atoms with Gasteiger partial charge in [-0.2, -0.15) is 0 Å². The summed E-state index contributed by atoms with van der Waals surface area (Å²) in [5.74, 6) is 0. The lowest BCUT2D eigenvalue weighted by atomic mass is 10.0. The average Bonchev–Trinajstić information content (AvgIpc) is 2.79. The lowest BCUT2D eigenvalue weighted by molar-refractivity contribution is 0.345. The second-order valence-electron chi connectivity index (χ2n) is 6.18. The summed E-state index contributed by atoms with van der Waals surface area (Å²) in [6.45, 7) is 0. The number of fused-ring (bicyclic) bond motifs is 2. The van der Waals surface area contributed by atoms with Gasteiger partial charge in [0.15, 0.2) is 4.90 Å². The van der Waals surface area contributed by atoms with Crippen molar-refractivity contribution in [1.29, 1.82) is 0 Å². The summed E-state index contributed by atoms with van der Waals surface area (Å²) in [7, 11) is -1.25. The van der Waals surface area contributed by atoms with Crippen LogP contribution in [0.2, 0.25) is 0 Å². The van der Waals surface area contributed by atoms with E-state index in [1.807, 2.05) is 0 Å². The standard InChI is InChI=1S/C13H20N4O4S/c1-16-7-11(12(18)17(2)13(16)19)22(20,21)15-10-5-8-3-4-9(6-10)14-8/h7-10,14-15H,3-6H2,1-2H3. The highest BCUT2D eigenvalue weighted by Crippen LogP contribution is 2.27. The Morgan fingerprint density at radius 3 is 2.36 bits per heavy atom. The van der Waals surface area contributed by atoms with Crippen LogP contribution in [0.5, 0.6) is 0 Å². The van der Waals surface area contributed by atoms with Gasteiger partial charge in [-0.25, -0.2) is 17.9 Å². The fourth-order valence-corrected chi connectivity index (χ4v) is 4.82. The molecule has 0 spiro atoms. The Morgan fingerprint density at radius 2 is 1.77 bits per heavy atom. The van der Waals surface area contributed by atoms with E-state index >= 15 is 0 Å². The minimum Gasteiger partial charge on any atom is -0.311 e. The van der Waals surface area contributed by atoms with Gasteiger partial charge in [0.1, 0.15) is 0 Å². The lowest BCUT2D eigenvalue weighted by Crippen LogP contribution is -2.49. The molecule has 0 aromatic carbocycles. The fourth-order valence-electron chi connectivity index (χ4n) is 3.40. The third-order valence-corrected chi connectivity index (χ3v) is 6.00. The van der Waals surface area contributed by atoms with Crippen LogP contribution in [-0.2, 0) is 24.1 Å². The Hall–Kier alpha value is -1.45. The molecular weight excluding hydrogens is 308 g/mol. The van der Waals surface area contributed by atoms with E-state index in [9.17, 15) is 18.0 Å². The molecule has 3 heterocycles. The molecule has 2 bridgehead atoms. The van der Waals surface area contributed by atoms with Crippen LogP contribution in [0.25, 0.3) is 0 Å². The van der Waals surface area contributed by atoms with Crippen molar-refractivity contribution < 1.29 is 8.42 Å². The Morgan fingerprint density at radius 1 is 1.18 bits per heavy atom. The molecule has 3 rings (SSSR count). The van der Waals surface area contributed by atoms with E-state index in [2.05, 4.69) is 10.0 Å². The van der Waals surface area contributed by atoms with Gasteiger partial charge in [-0.1, -0.05) is 0 Å². The molecule has 8 nitrogen and oxygen atoms in total. The molecule has 2 atom stereocenters. The Kier molecular flexibility index (Phi) is 3.74. The van der Waals surface area contributed by atoms with Gasteiger partial charge < -0.3 is 9.88 Å². The molecule has 0 saturated carbocycles. The molecule has 1 aromatic rings. The van der Waals surface area contributed by atoms with Gasteiger partial charge in [-0.3, -0.25) is 9.36 Å². The highest BCUT2D eigenvalue weighted by atomic mass is 32.2. The van der Waals surface area contributed by atoms with Crippen LogP contribution in [0, 0.1) is 0 Å². The molecule has 0 radical (unpaired) electrons. The van der Waals surface area contributed by atoms with Crippen LogP contribution in [0.4, 0.5) is 0 Å². The summed E-state index contributed by atoms with van der Waals surface area (Å²) in [4.78, 5) is 23.4. The number of piperidine rings is 1. The van der Waals surface area contributed by atoms with Gasteiger partial charge in [-0.15, -0.1) is 0 Å². The number of hydrogen-bond donors (Lipinski definition) is 2. The highest BCUT2D eigenvalue weighted by Gasteiger charge is 2.36. The van der Waals surface area contributed by atoms with E-state index in [1.165, 1.54) is 14.1 Å². The topological polar surface area (TPSA) is 102 Å². The van der Waals surface area contributed by atoms with Gasteiger partial charge in [-0.05, 0) is 25.7 Å². The number of sulfonamides is 1. The van der Waals surface area contributed by atoms with E-state index < -0.39 is 21.3 Å². The molecule has 2 aliphatic heterocycles.